The molecule has 1 N–H and O–H groups in total. The number of amides is 2. The highest BCUT2D eigenvalue weighted by Gasteiger charge is 2.34. The Hall–Kier alpha value is -3.63. The summed E-state index contributed by atoms with van der Waals surface area (Å²) in [5.41, 5.74) is 0.808. The summed E-state index contributed by atoms with van der Waals surface area (Å²) in [5, 5.41) is 3.35. The van der Waals surface area contributed by atoms with Crippen molar-refractivity contribution in [2.45, 2.75) is 64.1 Å². The third-order valence-corrected chi connectivity index (χ3v) is 8.96. The van der Waals surface area contributed by atoms with Crippen LogP contribution in [0.25, 0.3) is 0 Å². The van der Waals surface area contributed by atoms with Gasteiger partial charge in [-0.3, -0.25) is 13.9 Å². The minimum Gasteiger partial charge on any atom is -0.494 e. The number of nitrogens with zero attached hydrogens (tertiary/aromatic N) is 2. The first kappa shape index (κ1) is 32.9. The van der Waals surface area contributed by atoms with Gasteiger partial charge in [-0.2, -0.15) is 0 Å². The summed E-state index contributed by atoms with van der Waals surface area (Å²) in [7, 11) is -4.33. The van der Waals surface area contributed by atoms with E-state index in [2.05, 4.69) is 5.32 Å². The van der Waals surface area contributed by atoms with Gasteiger partial charge in [-0.1, -0.05) is 43.6 Å². The molecule has 226 valence electrons. The molecule has 2 atom stereocenters. The molecule has 0 saturated heterocycles. The van der Waals surface area contributed by atoms with Crippen LogP contribution < -0.4 is 14.4 Å². The lowest BCUT2D eigenvalue weighted by atomic mass is 10.1. The Morgan fingerprint density at radius 3 is 2.17 bits per heavy atom. The minimum absolute atomic E-state index is 0.0152. The van der Waals surface area contributed by atoms with E-state index in [0.717, 1.165) is 28.6 Å². The zero-order valence-electron chi connectivity index (χ0n) is 24.2. The van der Waals surface area contributed by atoms with Crippen LogP contribution in [0.15, 0.2) is 77.7 Å². The number of carbonyl (C=O) groups is 2. The van der Waals surface area contributed by atoms with Gasteiger partial charge in [0, 0.05) is 17.6 Å². The molecule has 0 spiro atoms. The van der Waals surface area contributed by atoms with Gasteiger partial charge in [0.15, 0.2) is 0 Å². The Morgan fingerprint density at radius 1 is 0.952 bits per heavy atom. The minimum atomic E-state index is -4.33. The maximum Gasteiger partial charge on any atom is 0.264 e. The van der Waals surface area contributed by atoms with Crippen molar-refractivity contribution in [2.24, 2.45) is 0 Å². The van der Waals surface area contributed by atoms with Crippen LogP contribution in [-0.2, 0) is 26.2 Å². The van der Waals surface area contributed by atoms with E-state index < -0.39 is 34.3 Å². The van der Waals surface area contributed by atoms with Gasteiger partial charge in [-0.05, 0) is 86.8 Å². The van der Waals surface area contributed by atoms with E-state index in [4.69, 9.17) is 16.3 Å². The Morgan fingerprint density at radius 2 is 1.60 bits per heavy atom. The first-order valence-corrected chi connectivity index (χ1v) is 15.7. The molecular weight excluding hydrogens is 581 g/mol. The zero-order valence-corrected chi connectivity index (χ0v) is 25.8. The second-order valence-electron chi connectivity index (χ2n) is 9.75. The molecule has 0 radical (unpaired) electrons. The lowest BCUT2D eigenvalue weighted by Gasteiger charge is -2.34. The molecule has 0 aromatic heterocycles. The molecule has 0 aliphatic carbocycles. The third-order valence-electron chi connectivity index (χ3n) is 6.80. The van der Waals surface area contributed by atoms with Gasteiger partial charge >= 0.3 is 0 Å². The van der Waals surface area contributed by atoms with E-state index in [0.29, 0.717) is 29.4 Å². The molecule has 3 aromatic rings. The highest BCUT2D eigenvalue weighted by molar-refractivity contribution is 7.92. The molecule has 0 fully saturated rings. The van der Waals surface area contributed by atoms with E-state index in [1.807, 2.05) is 20.8 Å². The topological polar surface area (TPSA) is 96.0 Å². The summed E-state index contributed by atoms with van der Waals surface area (Å²) in [6, 6.07) is 16.6. The molecule has 0 bridgehead atoms. The maximum absolute atomic E-state index is 14.1. The molecular formula is C31H37ClFN3O5S. The van der Waals surface area contributed by atoms with Gasteiger partial charge in [-0.15, -0.1) is 0 Å². The second kappa shape index (κ2) is 15.0. The summed E-state index contributed by atoms with van der Waals surface area (Å²) in [6.07, 6.45) is 0.980. The number of rotatable bonds is 14. The first-order chi connectivity index (χ1) is 20.0. The molecule has 8 nitrogen and oxygen atoms in total. The van der Waals surface area contributed by atoms with Crippen LogP contribution in [0.2, 0.25) is 5.02 Å². The number of sulfonamides is 1. The summed E-state index contributed by atoms with van der Waals surface area (Å²) in [4.78, 5) is 28.6. The monoisotopic (exact) mass is 617 g/mol. The zero-order chi connectivity index (χ0) is 30.9. The molecule has 11 heteroatoms. The van der Waals surface area contributed by atoms with Crippen molar-refractivity contribution in [2.75, 3.05) is 17.5 Å². The van der Waals surface area contributed by atoms with E-state index in [9.17, 15) is 22.4 Å². The molecule has 0 unspecified atom stereocenters. The molecule has 0 aliphatic rings. The average molecular weight is 618 g/mol. The van der Waals surface area contributed by atoms with E-state index in [1.165, 1.54) is 17.0 Å². The maximum atomic E-state index is 14.1. The van der Waals surface area contributed by atoms with Crippen molar-refractivity contribution in [3.05, 3.63) is 89.2 Å². The number of benzene rings is 3. The molecule has 0 aliphatic heterocycles. The van der Waals surface area contributed by atoms with E-state index >= 15 is 0 Å². The Labute approximate surface area is 252 Å². The molecule has 2 amide bonds. The number of halogens is 2. The summed E-state index contributed by atoms with van der Waals surface area (Å²) >= 11 is 6.43. The number of ether oxygens (including phenoxy) is 1. The van der Waals surface area contributed by atoms with Crippen molar-refractivity contribution in [1.82, 2.24) is 10.2 Å². The van der Waals surface area contributed by atoms with Crippen LogP contribution in [0.5, 0.6) is 5.75 Å². The Kier molecular flexibility index (Phi) is 11.8. The third kappa shape index (κ3) is 8.23. The fourth-order valence-electron chi connectivity index (χ4n) is 4.31. The summed E-state index contributed by atoms with van der Waals surface area (Å²) in [5.74, 6) is -1.02. The number of anilines is 1. The lowest BCUT2D eigenvalue weighted by Crippen LogP contribution is -2.53. The van der Waals surface area contributed by atoms with E-state index in [1.54, 1.807) is 43.3 Å². The molecule has 3 rings (SSSR count). The van der Waals surface area contributed by atoms with E-state index in [-0.39, 0.29) is 35.5 Å². The summed E-state index contributed by atoms with van der Waals surface area (Å²) in [6.45, 7) is 7.20. The van der Waals surface area contributed by atoms with Crippen molar-refractivity contribution >= 4 is 39.1 Å². The largest absolute Gasteiger partial charge is 0.494 e. The molecule has 42 heavy (non-hydrogen) atoms. The fraction of sp³-hybridized carbons (Fsp3) is 0.355. The van der Waals surface area contributed by atoms with Crippen molar-refractivity contribution < 1.29 is 27.1 Å². The van der Waals surface area contributed by atoms with Gasteiger partial charge in [0.1, 0.15) is 24.2 Å². The standard InChI is InChI=1S/C31H37ClFN3O5S/c1-5-22(4)34-31(38)29(6-2)35(20-23-10-8-9-11-28(23)32)30(37)21-36(25-14-16-26(17-15-25)41-7-3)42(39,40)27-18-12-24(33)13-19-27/h8-19,22,29H,5-7,20-21H2,1-4H3,(H,34,38)/t22-,29-/m0/s1. The highest BCUT2D eigenvalue weighted by atomic mass is 35.5. The highest BCUT2D eigenvalue weighted by Crippen LogP contribution is 2.27. The normalized spacial score (nSPS) is 12.7. The Bertz CT molecular complexity index is 1450. The van der Waals surface area contributed by atoms with Crippen LogP contribution >= 0.6 is 11.6 Å². The Balaban J connectivity index is 2.07. The van der Waals surface area contributed by atoms with Crippen LogP contribution in [0.1, 0.15) is 46.1 Å². The van der Waals surface area contributed by atoms with Gasteiger partial charge < -0.3 is 15.0 Å². The predicted molar refractivity (Wildman–Crippen MR) is 163 cm³/mol. The number of nitrogens with one attached hydrogen (secondary N) is 1. The van der Waals surface area contributed by atoms with Crippen molar-refractivity contribution in [1.29, 1.82) is 0 Å². The molecule has 0 saturated carbocycles. The SMILES string of the molecule is CCOc1ccc(N(CC(=O)N(Cc2ccccc2Cl)[C@@H](CC)C(=O)N[C@@H](C)CC)S(=O)(=O)c2ccc(F)cc2)cc1. The van der Waals surface area contributed by atoms with Gasteiger partial charge in [-0.25, -0.2) is 12.8 Å². The van der Waals surface area contributed by atoms with Crippen LogP contribution in [0.4, 0.5) is 10.1 Å². The van der Waals surface area contributed by atoms with Crippen LogP contribution in [-0.4, -0.2) is 50.4 Å². The smallest absolute Gasteiger partial charge is 0.264 e. The second-order valence-corrected chi connectivity index (χ2v) is 12.0. The number of hydrogen-bond acceptors (Lipinski definition) is 5. The number of hydrogen-bond donors (Lipinski definition) is 1. The van der Waals surface area contributed by atoms with Gasteiger partial charge in [0.2, 0.25) is 11.8 Å². The quantitative estimate of drug-likeness (QED) is 0.247. The first-order valence-electron chi connectivity index (χ1n) is 13.9. The van der Waals surface area contributed by atoms with Gasteiger partial charge in [0.05, 0.1) is 17.2 Å². The average Bonchev–Trinajstić information content (AvgIpc) is 2.97. The van der Waals surface area contributed by atoms with Crippen molar-refractivity contribution in [3.8, 4) is 5.75 Å². The predicted octanol–water partition coefficient (Wildman–Crippen LogP) is 5.80. The molecule has 3 aromatic carbocycles. The van der Waals surface area contributed by atoms with Crippen LogP contribution in [0.3, 0.4) is 0 Å². The summed E-state index contributed by atoms with van der Waals surface area (Å²) < 4.78 is 47.9. The van der Waals surface area contributed by atoms with Crippen LogP contribution in [0, 0.1) is 5.82 Å². The fourth-order valence-corrected chi connectivity index (χ4v) is 5.92. The van der Waals surface area contributed by atoms with Crippen molar-refractivity contribution in [3.63, 3.8) is 0 Å². The number of carbonyl (C=O) groups excluding carboxylic acids is 2. The molecule has 0 heterocycles. The lowest BCUT2D eigenvalue weighted by molar-refractivity contribution is -0.140. The van der Waals surface area contributed by atoms with Gasteiger partial charge in [0.25, 0.3) is 10.0 Å².